The fourth-order valence-electron chi connectivity index (χ4n) is 4.88. The van der Waals surface area contributed by atoms with E-state index in [9.17, 15) is 9.90 Å². The van der Waals surface area contributed by atoms with Crippen LogP contribution < -0.4 is 4.74 Å². The summed E-state index contributed by atoms with van der Waals surface area (Å²) in [5.41, 5.74) is 5.17. The Morgan fingerprint density at radius 3 is 1.86 bits per heavy atom. The van der Waals surface area contributed by atoms with Crippen LogP contribution in [0.2, 0.25) is 0 Å². The van der Waals surface area contributed by atoms with E-state index in [4.69, 9.17) is 9.84 Å². The standard InChI is InChI=1S/C25H30O4/c1-24(2)13-19(14-25(3,4)16-24)23(17-5-9-20(26)10-6-17)18-7-11-21(12-8-18)29-15-22(27)28/h5-12,26H,13-16H2,1-4H3,(H,27,28). The molecule has 29 heavy (non-hydrogen) atoms. The molecule has 4 heteroatoms. The summed E-state index contributed by atoms with van der Waals surface area (Å²) < 4.78 is 5.29. The third-order valence-corrected chi connectivity index (χ3v) is 5.36. The Balaban J connectivity index is 2.07. The van der Waals surface area contributed by atoms with E-state index in [1.807, 2.05) is 36.4 Å². The van der Waals surface area contributed by atoms with E-state index in [0.29, 0.717) is 5.75 Å². The summed E-state index contributed by atoms with van der Waals surface area (Å²) in [4.78, 5) is 10.7. The van der Waals surface area contributed by atoms with Gasteiger partial charge in [-0.05, 0) is 71.1 Å². The number of phenolic OH excluding ortho intramolecular Hbond substituents is 1. The van der Waals surface area contributed by atoms with Gasteiger partial charge in [0.05, 0.1) is 0 Å². The van der Waals surface area contributed by atoms with Crippen LogP contribution in [0.15, 0.2) is 54.1 Å². The monoisotopic (exact) mass is 394 g/mol. The van der Waals surface area contributed by atoms with Gasteiger partial charge in [0.1, 0.15) is 11.5 Å². The molecule has 2 aromatic carbocycles. The van der Waals surface area contributed by atoms with E-state index in [1.54, 1.807) is 12.1 Å². The second-order valence-corrected chi connectivity index (χ2v) is 9.59. The van der Waals surface area contributed by atoms with E-state index in [2.05, 4.69) is 27.7 Å². The normalized spacial score (nSPS) is 17.6. The predicted octanol–water partition coefficient (Wildman–Crippen LogP) is 5.89. The number of allylic oxidation sites excluding steroid dienone is 1. The van der Waals surface area contributed by atoms with Crippen molar-refractivity contribution in [3.63, 3.8) is 0 Å². The largest absolute Gasteiger partial charge is 0.508 e. The van der Waals surface area contributed by atoms with Crippen molar-refractivity contribution in [1.29, 1.82) is 0 Å². The first-order valence-electron chi connectivity index (χ1n) is 10.0. The third kappa shape index (κ3) is 5.41. The first-order valence-corrected chi connectivity index (χ1v) is 10.0. The van der Waals surface area contributed by atoms with Crippen LogP contribution in [-0.2, 0) is 4.79 Å². The molecule has 0 radical (unpaired) electrons. The van der Waals surface area contributed by atoms with Gasteiger partial charge >= 0.3 is 5.97 Å². The van der Waals surface area contributed by atoms with Crippen LogP contribution in [0.4, 0.5) is 0 Å². The van der Waals surface area contributed by atoms with Crippen molar-refractivity contribution < 1.29 is 19.7 Å². The second-order valence-electron chi connectivity index (χ2n) is 9.59. The minimum atomic E-state index is -0.993. The van der Waals surface area contributed by atoms with E-state index in [1.165, 1.54) is 17.6 Å². The third-order valence-electron chi connectivity index (χ3n) is 5.36. The fraction of sp³-hybridized carbons (Fsp3) is 0.400. The van der Waals surface area contributed by atoms with Gasteiger partial charge in [-0.3, -0.25) is 0 Å². The van der Waals surface area contributed by atoms with Crippen LogP contribution in [0.25, 0.3) is 5.57 Å². The van der Waals surface area contributed by atoms with Crippen LogP contribution in [0.5, 0.6) is 11.5 Å². The van der Waals surface area contributed by atoms with E-state index in [0.717, 1.165) is 24.0 Å². The number of ether oxygens (including phenoxy) is 1. The van der Waals surface area contributed by atoms with Gasteiger partial charge in [-0.25, -0.2) is 4.79 Å². The maximum atomic E-state index is 10.7. The molecule has 1 saturated carbocycles. The Morgan fingerprint density at radius 2 is 1.38 bits per heavy atom. The van der Waals surface area contributed by atoms with E-state index >= 15 is 0 Å². The predicted molar refractivity (Wildman–Crippen MR) is 115 cm³/mol. The summed E-state index contributed by atoms with van der Waals surface area (Å²) in [6.45, 7) is 8.94. The van der Waals surface area contributed by atoms with Crippen molar-refractivity contribution in [2.45, 2.75) is 47.0 Å². The molecule has 0 aromatic heterocycles. The molecule has 0 saturated heterocycles. The van der Waals surface area contributed by atoms with Crippen molar-refractivity contribution in [3.05, 3.63) is 65.2 Å². The molecule has 2 N–H and O–H groups in total. The number of carbonyl (C=O) groups is 1. The van der Waals surface area contributed by atoms with E-state index < -0.39 is 5.97 Å². The van der Waals surface area contributed by atoms with Crippen molar-refractivity contribution in [3.8, 4) is 11.5 Å². The van der Waals surface area contributed by atoms with Crippen LogP contribution in [0.1, 0.15) is 58.1 Å². The van der Waals surface area contributed by atoms with Crippen molar-refractivity contribution >= 4 is 11.5 Å². The van der Waals surface area contributed by atoms with Gasteiger partial charge in [-0.15, -0.1) is 0 Å². The van der Waals surface area contributed by atoms with E-state index in [-0.39, 0.29) is 23.2 Å². The average molecular weight is 395 g/mol. The Labute approximate surface area is 172 Å². The number of rotatable bonds is 5. The molecule has 4 nitrogen and oxygen atoms in total. The highest BCUT2D eigenvalue weighted by Gasteiger charge is 2.37. The van der Waals surface area contributed by atoms with Crippen molar-refractivity contribution in [2.24, 2.45) is 10.8 Å². The summed E-state index contributed by atoms with van der Waals surface area (Å²) in [5, 5.41) is 18.5. The SMILES string of the molecule is CC1(C)CC(=C(c2ccc(O)cc2)c2ccc(OCC(=O)O)cc2)CC(C)(C)C1. The molecule has 0 atom stereocenters. The van der Waals surface area contributed by atoms with Gasteiger partial charge in [0.25, 0.3) is 0 Å². The number of phenols is 1. The molecule has 1 aliphatic rings. The van der Waals surface area contributed by atoms with Crippen LogP contribution >= 0.6 is 0 Å². The number of aliphatic carboxylic acids is 1. The summed E-state index contributed by atoms with van der Waals surface area (Å²) in [7, 11) is 0. The fourth-order valence-corrected chi connectivity index (χ4v) is 4.88. The van der Waals surface area contributed by atoms with Crippen LogP contribution in [0, 0.1) is 10.8 Å². The highest BCUT2D eigenvalue weighted by Crippen LogP contribution is 2.50. The first-order chi connectivity index (χ1) is 13.5. The molecule has 1 aliphatic carbocycles. The van der Waals surface area contributed by atoms with Crippen LogP contribution in [0.3, 0.4) is 0 Å². The zero-order valence-electron chi connectivity index (χ0n) is 17.7. The van der Waals surface area contributed by atoms with Crippen molar-refractivity contribution in [2.75, 3.05) is 6.61 Å². The lowest BCUT2D eigenvalue weighted by Crippen LogP contribution is -2.30. The smallest absolute Gasteiger partial charge is 0.341 e. The number of hydrogen-bond donors (Lipinski definition) is 2. The number of carboxylic acids is 1. The molecule has 3 rings (SSSR count). The average Bonchev–Trinajstić information content (AvgIpc) is 2.60. The molecular formula is C25H30O4. The van der Waals surface area contributed by atoms with Gasteiger partial charge in [0.2, 0.25) is 0 Å². The minimum Gasteiger partial charge on any atom is -0.508 e. The Bertz CT molecular complexity index is 885. The topological polar surface area (TPSA) is 66.8 Å². The Kier molecular flexibility index (Phi) is 5.74. The number of aromatic hydroxyl groups is 1. The van der Waals surface area contributed by atoms with Crippen molar-refractivity contribution in [1.82, 2.24) is 0 Å². The molecule has 0 unspecified atom stereocenters. The Morgan fingerprint density at radius 1 is 0.897 bits per heavy atom. The molecule has 0 aliphatic heterocycles. The zero-order chi connectivity index (χ0) is 21.2. The van der Waals surface area contributed by atoms with Gasteiger partial charge in [0, 0.05) is 0 Å². The minimum absolute atomic E-state index is 0.212. The molecule has 0 bridgehead atoms. The highest BCUT2D eigenvalue weighted by atomic mass is 16.5. The van der Waals surface area contributed by atoms with Gasteiger partial charge in [0.15, 0.2) is 6.61 Å². The van der Waals surface area contributed by atoms with Gasteiger partial charge < -0.3 is 14.9 Å². The second kappa shape index (κ2) is 7.94. The molecule has 154 valence electrons. The molecule has 0 spiro atoms. The summed E-state index contributed by atoms with van der Waals surface area (Å²) >= 11 is 0. The van der Waals surface area contributed by atoms with Gasteiger partial charge in [-0.2, -0.15) is 0 Å². The summed E-state index contributed by atoms with van der Waals surface area (Å²) in [5.74, 6) is -0.206. The highest BCUT2D eigenvalue weighted by molar-refractivity contribution is 5.83. The molecule has 1 fully saturated rings. The molecule has 2 aromatic rings. The number of hydrogen-bond acceptors (Lipinski definition) is 3. The maximum Gasteiger partial charge on any atom is 0.341 e. The molecular weight excluding hydrogens is 364 g/mol. The quantitative estimate of drug-likeness (QED) is 0.663. The number of benzene rings is 2. The van der Waals surface area contributed by atoms with Gasteiger partial charge in [-0.1, -0.05) is 57.5 Å². The Hall–Kier alpha value is -2.75. The number of carboxylic acid groups (broad SMARTS) is 1. The first kappa shape index (κ1) is 21.0. The maximum absolute atomic E-state index is 10.7. The zero-order valence-corrected chi connectivity index (χ0v) is 17.7. The lowest BCUT2D eigenvalue weighted by Gasteiger charge is -2.43. The summed E-state index contributed by atoms with van der Waals surface area (Å²) in [6, 6.07) is 15.0. The lowest BCUT2D eigenvalue weighted by atomic mass is 9.62. The molecule has 0 heterocycles. The van der Waals surface area contributed by atoms with Crippen LogP contribution in [-0.4, -0.2) is 22.8 Å². The lowest BCUT2D eigenvalue weighted by molar-refractivity contribution is -0.139. The molecule has 0 amide bonds. The summed E-state index contributed by atoms with van der Waals surface area (Å²) in [6.07, 6.45) is 3.21.